The molecular weight excluding hydrogens is 404 g/mol. The first kappa shape index (κ1) is 10.7. The van der Waals surface area contributed by atoms with E-state index in [1.54, 1.807) is 0 Å². The van der Waals surface area contributed by atoms with Crippen molar-refractivity contribution in [2.75, 3.05) is 5.32 Å². The Hall–Kier alpha value is 0.150. The van der Waals surface area contributed by atoms with E-state index in [0.29, 0.717) is 0 Å². The molecule has 1 unspecified atom stereocenters. The van der Waals surface area contributed by atoms with Crippen LogP contribution < -0.4 is 5.32 Å². The predicted molar refractivity (Wildman–Crippen MR) is 73.9 cm³/mol. The van der Waals surface area contributed by atoms with Crippen LogP contribution in [-0.4, -0.2) is 9.83 Å². The maximum atomic E-state index is 11.6. The van der Waals surface area contributed by atoms with Crippen molar-refractivity contribution in [1.82, 2.24) is 0 Å². The normalized spacial score (nSPS) is 21.0. The molecule has 74 valence electrons. The first-order valence-corrected chi connectivity index (χ1v) is 6.72. The van der Waals surface area contributed by atoms with Crippen LogP contribution in [0.3, 0.4) is 0 Å². The smallest absolute Gasteiger partial charge is 0.237 e. The Labute approximate surface area is 110 Å². The predicted octanol–water partition coefficient (Wildman–Crippen LogP) is 2.98. The summed E-state index contributed by atoms with van der Waals surface area (Å²) in [6.45, 7) is 0. The van der Waals surface area contributed by atoms with Gasteiger partial charge in [0.15, 0.2) is 0 Å². The van der Waals surface area contributed by atoms with Gasteiger partial charge in [-0.05, 0) is 53.1 Å². The Kier molecular flexibility index (Phi) is 3.30. The summed E-state index contributed by atoms with van der Waals surface area (Å²) >= 11 is 4.46. The molecule has 2 nitrogen and oxygen atoms in total. The minimum absolute atomic E-state index is 0.0951. The third-order valence-corrected chi connectivity index (χ3v) is 4.14. The molecule has 1 N–H and O–H groups in total. The van der Waals surface area contributed by atoms with Crippen molar-refractivity contribution in [3.8, 4) is 0 Å². The van der Waals surface area contributed by atoms with E-state index in [9.17, 15) is 4.79 Å². The highest BCUT2D eigenvalue weighted by atomic mass is 127. The highest BCUT2D eigenvalue weighted by Crippen LogP contribution is 2.26. The van der Waals surface area contributed by atoms with Gasteiger partial charge in [-0.2, -0.15) is 0 Å². The van der Waals surface area contributed by atoms with Gasteiger partial charge < -0.3 is 5.32 Å². The van der Waals surface area contributed by atoms with E-state index in [0.717, 1.165) is 22.1 Å². The largest absolute Gasteiger partial charge is 0.325 e. The Balaban J connectivity index is 2.38. The van der Waals surface area contributed by atoms with Crippen molar-refractivity contribution in [1.29, 1.82) is 0 Å². The van der Waals surface area contributed by atoms with Crippen LogP contribution in [0.2, 0.25) is 0 Å². The van der Waals surface area contributed by atoms with Crippen LogP contribution >= 0.6 is 45.2 Å². The number of hydrogen-bond acceptors (Lipinski definition) is 1. The molecule has 1 heterocycles. The van der Waals surface area contributed by atoms with Gasteiger partial charge in [-0.25, -0.2) is 0 Å². The number of anilines is 1. The first-order chi connectivity index (χ1) is 6.66. The number of nitrogens with one attached hydrogen (secondary N) is 1. The first-order valence-electron chi connectivity index (χ1n) is 4.40. The lowest BCUT2D eigenvalue weighted by Gasteiger charge is -2.06. The third kappa shape index (κ3) is 2.21. The van der Waals surface area contributed by atoms with Crippen LogP contribution in [0.25, 0.3) is 0 Å². The fourth-order valence-electron chi connectivity index (χ4n) is 1.51. The lowest BCUT2D eigenvalue weighted by Crippen LogP contribution is -2.20. The Morgan fingerprint density at radius 1 is 1.43 bits per heavy atom. The van der Waals surface area contributed by atoms with Crippen LogP contribution in [0.5, 0.6) is 0 Å². The van der Waals surface area contributed by atoms with Gasteiger partial charge in [0.1, 0.15) is 0 Å². The third-order valence-electron chi connectivity index (χ3n) is 2.28. The molecule has 0 saturated carbocycles. The number of hydrogen-bond donors (Lipinski definition) is 1. The van der Waals surface area contributed by atoms with E-state index < -0.39 is 0 Å². The van der Waals surface area contributed by atoms with Crippen molar-refractivity contribution in [3.63, 3.8) is 0 Å². The molecule has 0 aliphatic carbocycles. The molecule has 0 bridgehead atoms. The number of benzene rings is 1. The van der Waals surface area contributed by atoms with Gasteiger partial charge >= 0.3 is 0 Å². The molecule has 1 aromatic rings. The molecule has 14 heavy (non-hydrogen) atoms. The summed E-state index contributed by atoms with van der Waals surface area (Å²) in [6.07, 6.45) is 1.92. The number of alkyl halides is 1. The van der Waals surface area contributed by atoms with E-state index in [2.05, 4.69) is 62.6 Å². The lowest BCUT2D eigenvalue weighted by atomic mass is 10.1. The maximum absolute atomic E-state index is 11.6. The molecule has 2 rings (SSSR count). The minimum Gasteiger partial charge on any atom is -0.325 e. The molecule has 0 spiro atoms. The SMILES string of the molecule is O=C1Nc2cc(I)ccc2CCC1I. The zero-order valence-corrected chi connectivity index (χ0v) is 11.7. The second-order valence-corrected chi connectivity index (χ2v) is 6.05. The van der Waals surface area contributed by atoms with Gasteiger partial charge in [0, 0.05) is 9.26 Å². The summed E-state index contributed by atoms with van der Waals surface area (Å²) in [5.41, 5.74) is 2.24. The Morgan fingerprint density at radius 3 is 3.00 bits per heavy atom. The number of aryl methyl sites for hydroxylation is 1. The molecule has 1 aliphatic rings. The second-order valence-electron chi connectivity index (χ2n) is 3.30. The van der Waals surface area contributed by atoms with Crippen molar-refractivity contribution < 1.29 is 4.79 Å². The molecule has 0 aromatic heterocycles. The van der Waals surface area contributed by atoms with Crippen molar-refractivity contribution >= 4 is 56.8 Å². The lowest BCUT2D eigenvalue weighted by molar-refractivity contribution is -0.115. The number of halogens is 2. The summed E-state index contributed by atoms with van der Waals surface area (Å²) in [7, 11) is 0. The fraction of sp³-hybridized carbons (Fsp3) is 0.300. The van der Waals surface area contributed by atoms with Crippen LogP contribution in [-0.2, 0) is 11.2 Å². The van der Waals surface area contributed by atoms with E-state index in [4.69, 9.17) is 0 Å². The van der Waals surface area contributed by atoms with E-state index in [1.807, 2.05) is 6.07 Å². The fourth-order valence-corrected chi connectivity index (χ4v) is 2.47. The van der Waals surface area contributed by atoms with Crippen LogP contribution in [0, 0.1) is 3.57 Å². The number of rotatable bonds is 0. The average Bonchev–Trinajstić information content (AvgIpc) is 2.27. The standard InChI is InChI=1S/C10H9I2NO/c11-7-3-1-6-2-4-8(12)10(14)13-9(6)5-7/h1,3,5,8H,2,4H2,(H,13,14). The molecule has 0 fully saturated rings. The number of amides is 1. The Bertz CT molecular complexity index is 378. The molecule has 1 atom stereocenters. The van der Waals surface area contributed by atoms with Crippen molar-refractivity contribution in [2.24, 2.45) is 0 Å². The van der Waals surface area contributed by atoms with Gasteiger partial charge in [-0.1, -0.05) is 28.7 Å². The van der Waals surface area contributed by atoms with Crippen molar-refractivity contribution in [2.45, 2.75) is 16.8 Å². The number of carbonyl (C=O) groups excluding carboxylic acids is 1. The number of fused-ring (bicyclic) bond motifs is 1. The summed E-state index contributed by atoms with van der Waals surface area (Å²) in [6, 6.07) is 6.22. The molecule has 4 heteroatoms. The zero-order chi connectivity index (χ0) is 10.1. The second kappa shape index (κ2) is 4.34. The maximum Gasteiger partial charge on any atom is 0.237 e. The average molecular weight is 413 g/mol. The molecule has 0 saturated heterocycles. The van der Waals surface area contributed by atoms with E-state index >= 15 is 0 Å². The molecule has 1 aromatic carbocycles. The summed E-state index contributed by atoms with van der Waals surface area (Å²) in [4.78, 5) is 11.6. The molecule has 1 aliphatic heterocycles. The molecular formula is C10H9I2NO. The summed E-state index contributed by atoms with van der Waals surface area (Å²) < 4.78 is 1.26. The summed E-state index contributed by atoms with van der Waals surface area (Å²) in [5, 5.41) is 2.96. The monoisotopic (exact) mass is 413 g/mol. The molecule has 1 amide bonds. The van der Waals surface area contributed by atoms with Crippen LogP contribution in [0.15, 0.2) is 18.2 Å². The van der Waals surface area contributed by atoms with Crippen LogP contribution in [0.4, 0.5) is 5.69 Å². The van der Waals surface area contributed by atoms with Gasteiger partial charge in [0.2, 0.25) is 5.91 Å². The van der Waals surface area contributed by atoms with Gasteiger partial charge in [0.05, 0.1) is 3.92 Å². The minimum atomic E-state index is 0.0951. The quantitative estimate of drug-likeness (QED) is 0.515. The highest BCUT2D eigenvalue weighted by molar-refractivity contribution is 14.1. The van der Waals surface area contributed by atoms with Crippen molar-refractivity contribution in [3.05, 3.63) is 27.3 Å². The van der Waals surface area contributed by atoms with Gasteiger partial charge in [-0.3, -0.25) is 4.79 Å². The zero-order valence-electron chi connectivity index (χ0n) is 7.39. The van der Waals surface area contributed by atoms with Gasteiger partial charge in [0.25, 0.3) is 0 Å². The highest BCUT2D eigenvalue weighted by Gasteiger charge is 2.20. The molecule has 0 radical (unpaired) electrons. The van der Waals surface area contributed by atoms with E-state index in [-0.39, 0.29) is 9.83 Å². The Morgan fingerprint density at radius 2 is 2.21 bits per heavy atom. The topological polar surface area (TPSA) is 29.1 Å². The number of carbonyl (C=O) groups is 1. The van der Waals surface area contributed by atoms with Gasteiger partial charge in [-0.15, -0.1) is 0 Å². The summed E-state index contributed by atoms with van der Waals surface area (Å²) in [5.74, 6) is 0.131. The van der Waals surface area contributed by atoms with Crippen LogP contribution in [0.1, 0.15) is 12.0 Å². The van der Waals surface area contributed by atoms with E-state index in [1.165, 1.54) is 5.56 Å².